The number of carboxylic acid groups (broad SMARTS) is 3. The Labute approximate surface area is 308 Å². The molecule has 0 saturated heterocycles. The summed E-state index contributed by atoms with van der Waals surface area (Å²) in [5, 5.41) is 38.2. The Bertz CT molecular complexity index is 1220. The van der Waals surface area contributed by atoms with Crippen molar-refractivity contribution in [2.45, 2.75) is 104 Å². The zero-order valence-corrected chi connectivity index (χ0v) is 31.4. The molecule has 0 aliphatic heterocycles. The van der Waals surface area contributed by atoms with Crippen LogP contribution < -0.4 is 26.7 Å². The van der Waals surface area contributed by atoms with Gasteiger partial charge in [0, 0.05) is 36.8 Å². The first-order valence-corrected chi connectivity index (χ1v) is 17.1. The molecule has 0 aliphatic carbocycles. The molecule has 53 heavy (non-hydrogen) atoms. The Morgan fingerprint density at radius 1 is 0.547 bits per heavy atom. The van der Waals surface area contributed by atoms with Crippen molar-refractivity contribution in [3.8, 4) is 0 Å². The van der Waals surface area contributed by atoms with E-state index in [9.17, 15) is 53.7 Å². The van der Waals surface area contributed by atoms with Gasteiger partial charge in [-0.2, -0.15) is 0 Å². The fraction of sp³-hybridized carbons (Fsp3) is 0.758. The van der Waals surface area contributed by atoms with E-state index in [1.54, 1.807) is 41.5 Å². The van der Waals surface area contributed by atoms with Gasteiger partial charge in [0.15, 0.2) is 5.78 Å². The molecule has 0 saturated carbocycles. The smallest absolute Gasteiger partial charge is 0.326 e. The Balaban J connectivity index is 4.27. The van der Waals surface area contributed by atoms with E-state index in [-0.39, 0.29) is 90.7 Å². The SMILES string of the molecule is CC(C)(C)N[C@@H](CCC(=O)N[C@@H](CCC(=O)N[C@@H](CCC(=O)NOCCOCC(=O)NCCOCCOCC(=O)C(C)(C)C)C(=O)O)C(=O)O)C(=O)O. The van der Waals surface area contributed by atoms with Crippen LogP contribution in [0.2, 0.25) is 0 Å². The number of hydroxylamine groups is 1. The summed E-state index contributed by atoms with van der Waals surface area (Å²) in [7, 11) is 0. The third kappa shape index (κ3) is 26.2. The Morgan fingerprint density at radius 2 is 1.00 bits per heavy atom. The maximum Gasteiger partial charge on any atom is 0.326 e. The van der Waals surface area contributed by atoms with Crippen molar-refractivity contribution in [2.24, 2.45) is 5.41 Å². The molecule has 0 fully saturated rings. The highest BCUT2D eigenvalue weighted by Gasteiger charge is 2.27. The highest BCUT2D eigenvalue weighted by molar-refractivity contribution is 5.87. The van der Waals surface area contributed by atoms with Crippen LogP contribution in [0.4, 0.5) is 0 Å². The van der Waals surface area contributed by atoms with Crippen LogP contribution in [0.5, 0.6) is 0 Å². The first kappa shape index (κ1) is 48.8. The Kier molecular flexibility index (Phi) is 23.6. The second-order valence-electron chi connectivity index (χ2n) is 13.9. The van der Waals surface area contributed by atoms with Crippen LogP contribution in [0.25, 0.3) is 0 Å². The van der Waals surface area contributed by atoms with E-state index in [4.69, 9.17) is 19.0 Å². The molecule has 0 aromatic rings. The molecule has 0 unspecified atom stereocenters. The monoisotopic (exact) mass is 763 g/mol. The van der Waals surface area contributed by atoms with Crippen molar-refractivity contribution < 1.29 is 72.7 Å². The molecular weight excluding hydrogens is 706 g/mol. The lowest BCUT2D eigenvalue weighted by Crippen LogP contribution is -2.48. The molecule has 3 atom stereocenters. The molecule has 4 amide bonds. The minimum Gasteiger partial charge on any atom is -0.480 e. The van der Waals surface area contributed by atoms with Gasteiger partial charge in [-0.15, -0.1) is 0 Å². The lowest BCUT2D eigenvalue weighted by Gasteiger charge is -2.26. The van der Waals surface area contributed by atoms with E-state index in [1.165, 1.54) is 0 Å². The van der Waals surface area contributed by atoms with Crippen LogP contribution in [-0.4, -0.2) is 139 Å². The third-order valence-electron chi connectivity index (χ3n) is 6.91. The zero-order valence-electron chi connectivity index (χ0n) is 31.4. The van der Waals surface area contributed by atoms with Crippen LogP contribution >= 0.6 is 0 Å². The molecule has 0 radical (unpaired) electrons. The zero-order chi connectivity index (χ0) is 40.6. The molecule has 0 bridgehead atoms. The van der Waals surface area contributed by atoms with Crippen LogP contribution in [0.3, 0.4) is 0 Å². The molecule has 0 aromatic carbocycles. The summed E-state index contributed by atoms with van der Waals surface area (Å²) in [6, 6.07) is -4.03. The number of Topliss-reactive ketones (excluding diaryl/α,β-unsaturated/α-hetero) is 1. The predicted octanol–water partition coefficient (Wildman–Crippen LogP) is -0.864. The van der Waals surface area contributed by atoms with Crippen molar-refractivity contribution >= 4 is 47.3 Å². The van der Waals surface area contributed by atoms with Gasteiger partial charge in [0.1, 0.15) is 31.3 Å². The summed E-state index contributed by atoms with van der Waals surface area (Å²) in [6.45, 7) is 11.2. The molecule has 8 N–H and O–H groups in total. The first-order valence-electron chi connectivity index (χ1n) is 17.1. The number of hydrogen-bond donors (Lipinski definition) is 8. The summed E-state index contributed by atoms with van der Waals surface area (Å²) < 4.78 is 15.7. The molecular formula is C33H57N5O15. The van der Waals surface area contributed by atoms with E-state index in [0.29, 0.717) is 0 Å². The van der Waals surface area contributed by atoms with E-state index in [2.05, 4.69) is 26.7 Å². The van der Waals surface area contributed by atoms with Crippen molar-refractivity contribution in [2.75, 3.05) is 52.8 Å². The molecule has 20 heteroatoms. The number of aliphatic carboxylic acids is 3. The number of carboxylic acids is 3. The summed E-state index contributed by atoms with van der Waals surface area (Å²) in [5.41, 5.74) is 1.07. The van der Waals surface area contributed by atoms with E-state index in [0.717, 1.165) is 0 Å². The lowest BCUT2D eigenvalue weighted by molar-refractivity contribution is -0.144. The fourth-order valence-corrected chi connectivity index (χ4v) is 4.02. The van der Waals surface area contributed by atoms with Gasteiger partial charge < -0.3 is 45.5 Å². The quantitative estimate of drug-likeness (QED) is 0.0340. The van der Waals surface area contributed by atoms with Gasteiger partial charge in [-0.05, 0) is 40.0 Å². The number of carbonyl (C=O) groups excluding carboxylic acids is 5. The maximum atomic E-state index is 12.4. The van der Waals surface area contributed by atoms with Gasteiger partial charge in [0.05, 0.1) is 33.0 Å². The number of hydrogen-bond acceptors (Lipinski definition) is 13. The van der Waals surface area contributed by atoms with Gasteiger partial charge in [0.25, 0.3) is 0 Å². The molecule has 304 valence electrons. The lowest BCUT2D eigenvalue weighted by atomic mass is 9.91. The number of carbonyl (C=O) groups is 8. The van der Waals surface area contributed by atoms with Gasteiger partial charge in [-0.3, -0.25) is 38.9 Å². The molecule has 0 aromatic heterocycles. The Morgan fingerprint density at radius 3 is 1.49 bits per heavy atom. The average Bonchev–Trinajstić information content (AvgIpc) is 3.04. The maximum absolute atomic E-state index is 12.4. The summed E-state index contributed by atoms with van der Waals surface area (Å²) >= 11 is 0. The second-order valence-corrected chi connectivity index (χ2v) is 13.9. The summed E-state index contributed by atoms with van der Waals surface area (Å²) in [6.07, 6.45) is -1.95. The van der Waals surface area contributed by atoms with Gasteiger partial charge in [0.2, 0.25) is 23.6 Å². The third-order valence-corrected chi connectivity index (χ3v) is 6.91. The second kappa shape index (κ2) is 25.7. The minimum atomic E-state index is -1.49. The number of ketones is 1. The first-order chi connectivity index (χ1) is 24.6. The normalized spacial score (nSPS) is 13.2. The number of nitrogens with one attached hydrogen (secondary N) is 5. The molecule has 0 aliphatic rings. The molecule has 20 nitrogen and oxygen atoms in total. The Hall–Kier alpha value is -4.24. The number of rotatable bonds is 29. The van der Waals surface area contributed by atoms with Crippen molar-refractivity contribution in [3.05, 3.63) is 0 Å². The van der Waals surface area contributed by atoms with Crippen LogP contribution in [0, 0.1) is 5.41 Å². The van der Waals surface area contributed by atoms with Crippen molar-refractivity contribution in [3.63, 3.8) is 0 Å². The van der Waals surface area contributed by atoms with Gasteiger partial charge >= 0.3 is 17.9 Å². The van der Waals surface area contributed by atoms with Gasteiger partial charge in [-0.1, -0.05) is 20.8 Å². The van der Waals surface area contributed by atoms with Gasteiger partial charge in [-0.25, -0.2) is 15.1 Å². The minimum absolute atomic E-state index is 0.00397. The summed E-state index contributed by atoms with van der Waals surface area (Å²) in [5.74, 6) is -6.76. The topological polar surface area (TPSA) is 294 Å². The summed E-state index contributed by atoms with van der Waals surface area (Å²) in [4.78, 5) is 100. The van der Waals surface area contributed by atoms with E-state index < -0.39 is 77.0 Å². The van der Waals surface area contributed by atoms with Crippen molar-refractivity contribution in [1.82, 2.24) is 26.7 Å². The van der Waals surface area contributed by atoms with Crippen LogP contribution in [0.15, 0.2) is 0 Å². The average molecular weight is 764 g/mol. The number of amides is 4. The predicted molar refractivity (Wildman–Crippen MR) is 185 cm³/mol. The molecule has 0 spiro atoms. The largest absolute Gasteiger partial charge is 0.480 e. The number of ether oxygens (including phenoxy) is 3. The standard InChI is InChI=1S/C33H57N5O15/c1-32(2,3)24(39)19-51-16-15-50-14-13-34-28(43)20-52-17-18-53-38-27(42)12-8-22(30(46)47)36-25(40)10-7-21(29(44)45)35-26(41)11-9-23(31(48)49)37-33(4,5)6/h21-23,37H,7-20H2,1-6H3,(H,34,43)(H,35,41)(H,36,40)(H,38,42)(H,44,45)(H,46,47)(H,48,49)/t21-,22-,23-/m0/s1. The van der Waals surface area contributed by atoms with Crippen LogP contribution in [0.1, 0.15) is 80.1 Å². The van der Waals surface area contributed by atoms with Crippen molar-refractivity contribution in [1.29, 1.82) is 0 Å². The van der Waals surface area contributed by atoms with E-state index >= 15 is 0 Å². The molecule has 0 heterocycles. The highest BCUT2D eigenvalue weighted by Crippen LogP contribution is 2.14. The highest BCUT2D eigenvalue weighted by atomic mass is 16.7. The molecule has 0 rings (SSSR count). The van der Waals surface area contributed by atoms with Crippen LogP contribution in [-0.2, 0) is 57.4 Å². The fourth-order valence-electron chi connectivity index (χ4n) is 4.02. The van der Waals surface area contributed by atoms with E-state index in [1.807, 2.05) is 0 Å².